The highest BCUT2D eigenvalue weighted by Crippen LogP contribution is 2.35. The molecule has 0 spiro atoms. The maximum Gasteiger partial charge on any atom is 0.224 e. The average Bonchev–Trinajstić information content (AvgIpc) is 2.47. The van der Waals surface area contributed by atoms with E-state index in [9.17, 15) is 4.79 Å². The zero-order chi connectivity index (χ0) is 17.0. The molecule has 3 nitrogen and oxygen atoms in total. The largest absolute Gasteiger partial charge is 0.399 e. The van der Waals surface area contributed by atoms with Crippen LogP contribution in [-0.4, -0.2) is 12.5 Å². The van der Waals surface area contributed by atoms with Gasteiger partial charge in [-0.2, -0.15) is 0 Å². The molecule has 0 aromatic heterocycles. The Hall–Kier alpha value is -1.71. The van der Waals surface area contributed by atoms with E-state index in [1.165, 1.54) is 0 Å². The topological polar surface area (TPSA) is 55.1 Å². The second kappa shape index (κ2) is 7.24. The van der Waals surface area contributed by atoms with Crippen LogP contribution in [0.4, 0.5) is 5.69 Å². The Morgan fingerprint density at radius 3 is 2.22 bits per heavy atom. The van der Waals surface area contributed by atoms with Gasteiger partial charge in [0.05, 0.1) is 6.42 Å². The minimum atomic E-state index is -0.369. The number of amides is 1. The molecule has 2 aromatic rings. The predicted octanol–water partition coefficient (Wildman–Crippen LogP) is 4.21. The predicted molar refractivity (Wildman–Crippen MR) is 97.1 cm³/mol. The van der Waals surface area contributed by atoms with Crippen molar-refractivity contribution in [3.63, 3.8) is 0 Å². The Kier molecular flexibility index (Phi) is 5.55. The van der Waals surface area contributed by atoms with Crippen LogP contribution in [0.3, 0.4) is 0 Å². The maximum atomic E-state index is 12.1. The van der Waals surface area contributed by atoms with E-state index in [0.29, 0.717) is 28.7 Å². The summed E-state index contributed by atoms with van der Waals surface area (Å²) in [6.07, 6.45) is 0.312. The molecule has 0 fully saturated rings. The average molecular weight is 351 g/mol. The highest BCUT2D eigenvalue weighted by atomic mass is 35.5. The smallest absolute Gasteiger partial charge is 0.224 e. The van der Waals surface area contributed by atoms with Gasteiger partial charge < -0.3 is 11.1 Å². The first kappa shape index (κ1) is 17.6. The number of hydrogen-bond donors (Lipinski definition) is 2. The molecule has 0 aliphatic heterocycles. The number of carbonyl (C=O) groups is 1. The Balaban J connectivity index is 2.01. The minimum absolute atomic E-state index is 0.0500. The highest BCUT2D eigenvalue weighted by Gasteiger charge is 2.26. The molecule has 0 radical (unpaired) electrons. The maximum absolute atomic E-state index is 12.1. The van der Waals surface area contributed by atoms with Gasteiger partial charge in [-0.1, -0.05) is 55.2 Å². The molecule has 0 atom stereocenters. The summed E-state index contributed by atoms with van der Waals surface area (Å²) in [4.78, 5) is 12.1. The second-order valence-corrected chi connectivity index (χ2v) is 6.99. The molecule has 122 valence electrons. The summed E-state index contributed by atoms with van der Waals surface area (Å²) in [6.45, 7) is 4.46. The number of anilines is 1. The zero-order valence-electron chi connectivity index (χ0n) is 13.2. The zero-order valence-corrected chi connectivity index (χ0v) is 14.7. The monoisotopic (exact) mass is 350 g/mol. The van der Waals surface area contributed by atoms with Crippen molar-refractivity contribution >= 4 is 34.8 Å². The lowest BCUT2D eigenvalue weighted by Gasteiger charge is -2.27. The van der Waals surface area contributed by atoms with Crippen molar-refractivity contribution < 1.29 is 4.79 Å². The molecule has 0 aliphatic carbocycles. The fourth-order valence-corrected chi connectivity index (χ4v) is 3.34. The first-order valence-corrected chi connectivity index (χ1v) is 8.11. The SMILES string of the molecule is CC(C)(CNC(=O)Cc1ccc(N)cc1)c1c(Cl)cccc1Cl. The van der Waals surface area contributed by atoms with E-state index >= 15 is 0 Å². The van der Waals surface area contributed by atoms with Crippen LogP contribution in [-0.2, 0) is 16.6 Å². The van der Waals surface area contributed by atoms with Gasteiger partial charge in [-0.05, 0) is 35.4 Å². The summed E-state index contributed by atoms with van der Waals surface area (Å²) in [5, 5.41) is 4.16. The molecule has 0 saturated heterocycles. The van der Waals surface area contributed by atoms with Crippen molar-refractivity contribution in [3.05, 3.63) is 63.6 Å². The van der Waals surface area contributed by atoms with Gasteiger partial charge in [0.15, 0.2) is 0 Å². The third kappa shape index (κ3) is 4.63. The van der Waals surface area contributed by atoms with Crippen LogP contribution in [0.15, 0.2) is 42.5 Å². The van der Waals surface area contributed by atoms with Crippen molar-refractivity contribution in [2.75, 3.05) is 12.3 Å². The molecule has 3 N–H and O–H groups in total. The Morgan fingerprint density at radius 1 is 1.09 bits per heavy atom. The number of nitrogens with one attached hydrogen (secondary N) is 1. The van der Waals surface area contributed by atoms with E-state index in [1.54, 1.807) is 24.3 Å². The van der Waals surface area contributed by atoms with Gasteiger partial charge in [0.1, 0.15) is 0 Å². The molecule has 0 aliphatic rings. The van der Waals surface area contributed by atoms with E-state index in [1.807, 2.05) is 32.0 Å². The third-order valence-electron chi connectivity index (χ3n) is 3.71. The van der Waals surface area contributed by atoms with Gasteiger partial charge in [-0.3, -0.25) is 4.79 Å². The third-order valence-corrected chi connectivity index (χ3v) is 4.34. The first-order chi connectivity index (χ1) is 10.8. The number of nitrogens with two attached hydrogens (primary N) is 1. The standard InChI is InChI=1S/C18H20Cl2N2O/c1-18(2,17-14(19)4-3-5-15(17)20)11-22-16(23)10-12-6-8-13(21)9-7-12/h3-9H,10-11,21H2,1-2H3,(H,22,23). The van der Waals surface area contributed by atoms with Crippen LogP contribution in [0.5, 0.6) is 0 Å². The Bertz CT molecular complexity index is 676. The number of benzene rings is 2. The molecule has 5 heteroatoms. The number of nitrogen functional groups attached to an aromatic ring is 1. The van der Waals surface area contributed by atoms with Gasteiger partial charge in [-0.25, -0.2) is 0 Å². The van der Waals surface area contributed by atoms with Crippen molar-refractivity contribution in [1.82, 2.24) is 5.32 Å². The molecule has 0 bridgehead atoms. The number of halogens is 2. The summed E-state index contributed by atoms with van der Waals surface area (Å²) in [6, 6.07) is 12.7. The highest BCUT2D eigenvalue weighted by molar-refractivity contribution is 6.36. The summed E-state index contributed by atoms with van der Waals surface area (Å²) in [5.41, 5.74) is 7.72. The van der Waals surface area contributed by atoms with Crippen molar-refractivity contribution in [2.24, 2.45) is 0 Å². The van der Waals surface area contributed by atoms with Crippen LogP contribution in [0.25, 0.3) is 0 Å². The Labute approximate surface area is 146 Å². The molecular weight excluding hydrogens is 331 g/mol. The second-order valence-electron chi connectivity index (χ2n) is 6.18. The molecule has 2 aromatic carbocycles. The van der Waals surface area contributed by atoms with E-state index in [2.05, 4.69) is 5.32 Å². The number of carbonyl (C=O) groups excluding carboxylic acids is 1. The van der Waals surface area contributed by atoms with Crippen molar-refractivity contribution in [2.45, 2.75) is 25.7 Å². The molecular formula is C18H20Cl2N2O. The fourth-order valence-electron chi connectivity index (χ4n) is 2.44. The van der Waals surface area contributed by atoms with Crippen molar-refractivity contribution in [3.8, 4) is 0 Å². The lowest BCUT2D eigenvalue weighted by Crippen LogP contribution is -2.37. The lowest BCUT2D eigenvalue weighted by molar-refractivity contribution is -0.120. The van der Waals surface area contributed by atoms with E-state index in [4.69, 9.17) is 28.9 Å². The normalized spacial score (nSPS) is 11.3. The fraction of sp³-hybridized carbons (Fsp3) is 0.278. The Morgan fingerprint density at radius 2 is 1.65 bits per heavy atom. The van der Waals surface area contributed by atoms with Crippen LogP contribution in [0.2, 0.25) is 10.0 Å². The van der Waals surface area contributed by atoms with E-state index in [0.717, 1.165) is 11.1 Å². The molecule has 0 unspecified atom stereocenters. The molecule has 2 rings (SSSR count). The first-order valence-electron chi connectivity index (χ1n) is 7.35. The van der Waals surface area contributed by atoms with Crippen LogP contribution in [0, 0.1) is 0 Å². The van der Waals surface area contributed by atoms with Crippen molar-refractivity contribution in [1.29, 1.82) is 0 Å². The van der Waals surface area contributed by atoms with Gasteiger partial charge in [0.2, 0.25) is 5.91 Å². The molecule has 0 heterocycles. The summed E-state index contributed by atoms with van der Waals surface area (Å²) >= 11 is 12.5. The lowest BCUT2D eigenvalue weighted by atomic mass is 9.84. The summed E-state index contributed by atoms with van der Waals surface area (Å²) in [7, 11) is 0. The summed E-state index contributed by atoms with van der Waals surface area (Å²) < 4.78 is 0. The summed E-state index contributed by atoms with van der Waals surface area (Å²) in [5.74, 6) is -0.0500. The quantitative estimate of drug-likeness (QED) is 0.793. The molecule has 0 saturated carbocycles. The molecule has 23 heavy (non-hydrogen) atoms. The van der Waals surface area contributed by atoms with E-state index in [-0.39, 0.29) is 11.3 Å². The van der Waals surface area contributed by atoms with Gasteiger partial charge >= 0.3 is 0 Å². The van der Waals surface area contributed by atoms with Gasteiger partial charge in [-0.15, -0.1) is 0 Å². The minimum Gasteiger partial charge on any atom is -0.399 e. The number of hydrogen-bond acceptors (Lipinski definition) is 2. The van der Waals surface area contributed by atoms with Gasteiger partial charge in [0.25, 0.3) is 0 Å². The van der Waals surface area contributed by atoms with Crippen LogP contribution in [0.1, 0.15) is 25.0 Å². The molecule has 1 amide bonds. The van der Waals surface area contributed by atoms with Gasteiger partial charge in [0, 0.05) is 27.7 Å². The number of rotatable bonds is 5. The van der Waals surface area contributed by atoms with Crippen LogP contribution >= 0.6 is 23.2 Å². The van der Waals surface area contributed by atoms with E-state index < -0.39 is 0 Å². The van der Waals surface area contributed by atoms with Crippen LogP contribution < -0.4 is 11.1 Å².